The molecule has 0 saturated carbocycles. The number of nitrogens with zero attached hydrogens (tertiary/aromatic N) is 1. The third-order valence-corrected chi connectivity index (χ3v) is 2.29. The van der Waals surface area contributed by atoms with Crippen LogP contribution in [0.3, 0.4) is 0 Å². The summed E-state index contributed by atoms with van der Waals surface area (Å²) in [4.78, 5) is 22.8. The van der Waals surface area contributed by atoms with Crippen LogP contribution in [0.25, 0.3) is 0 Å². The van der Waals surface area contributed by atoms with Gasteiger partial charge in [0.15, 0.2) is 5.78 Å². The van der Waals surface area contributed by atoms with Crippen molar-refractivity contribution in [2.45, 2.75) is 6.42 Å². The average Bonchev–Trinajstić information content (AvgIpc) is 2.81. The van der Waals surface area contributed by atoms with Crippen LogP contribution < -0.4 is 0 Å². The molecular weight excluding hydrogens is 222 g/mol. The van der Waals surface area contributed by atoms with Gasteiger partial charge in [-0.1, -0.05) is 23.4 Å². The Balaban J connectivity index is 2.28. The van der Waals surface area contributed by atoms with E-state index < -0.39 is 5.97 Å². The lowest BCUT2D eigenvalue weighted by atomic mass is 10.0. The van der Waals surface area contributed by atoms with Crippen LogP contribution in [0.5, 0.6) is 0 Å². The molecule has 2 rings (SSSR count). The van der Waals surface area contributed by atoms with Gasteiger partial charge < -0.3 is 9.63 Å². The minimum Gasteiger partial charge on any atom is -0.478 e. The van der Waals surface area contributed by atoms with E-state index >= 15 is 0 Å². The molecule has 0 fully saturated rings. The predicted octanol–water partition coefficient (Wildman–Crippen LogP) is 1.80. The maximum atomic E-state index is 11.9. The van der Waals surface area contributed by atoms with E-state index in [4.69, 9.17) is 5.11 Å². The van der Waals surface area contributed by atoms with Crippen molar-refractivity contribution in [3.8, 4) is 0 Å². The van der Waals surface area contributed by atoms with Gasteiger partial charge in [0.1, 0.15) is 6.26 Å². The Bertz CT molecular complexity index is 545. The van der Waals surface area contributed by atoms with Crippen LogP contribution in [-0.2, 0) is 6.42 Å². The number of ketones is 1. The molecule has 0 bridgehead atoms. The maximum absolute atomic E-state index is 11.9. The molecule has 5 heteroatoms. The molecule has 86 valence electrons. The molecule has 2 aromatic rings. The predicted molar refractivity (Wildman–Crippen MR) is 57.9 cm³/mol. The monoisotopic (exact) mass is 231 g/mol. The fourth-order valence-corrected chi connectivity index (χ4v) is 1.50. The Hall–Kier alpha value is -2.43. The number of carbonyl (C=O) groups is 2. The van der Waals surface area contributed by atoms with Crippen molar-refractivity contribution >= 4 is 11.8 Å². The molecule has 1 heterocycles. The first kappa shape index (κ1) is 11.1. The number of benzene rings is 1. The van der Waals surface area contributed by atoms with Gasteiger partial charge in [0.2, 0.25) is 0 Å². The maximum Gasteiger partial charge on any atom is 0.336 e. The number of aromatic nitrogens is 1. The van der Waals surface area contributed by atoms with E-state index in [-0.39, 0.29) is 23.3 Å². The van der Waals surface area contributed by atoms with Crippen LogP contribution in [0, 0.1) is 0 Å². The van der Waals surface area contributed by atoms with Crippen LogP contribution in [-0.4, -0.2) is 22.0 Å². The topological polar surface area (TPSA) is 80.4 Å². The third-order valence-electron chi connectivity index (χ3n) is 2.29. The van der Waals surface area contributed by atoms with Gasteiger partial charge in [-0.05, 0) is 6.07 Å². The Labute approximate surface area is 96.7 Å². The van der Waals surface area contributed by atoms with Crippen molar-refractivity contribution < 1.29 is 19.2 Å². The van der Waals surface area contributed by atoms with E-state index in [1.54, 1.807) is 18.2 Å². The first-order chi connectivity index (χ1) is 8.18. The number of hydrogen-bond acceptors (Lipinski definition) is 4. The Kier molecular flexibility index (Phi) is 3.00. The summed E-state index contributed by atoms with van der Waals surface area (Å²) in [6.45, 7) is 0. The van der Waals surface area contributed by atoms with E-state index in [1.807, 2.05) is 0 Å². The van der Waals surface area contributed by atoms with E-state index in [9.17, 15) is 9.59 Å². The lowest BCUT2D eigenvalue weighted by molar-refractivity contribution is 0.0692. The highest BCUT2D eigenvalue weighted by Gasteiger charge is 2.16. The minimum absolute atomic E-state index is 0.000921. The van der Waals surface area contributed by atoms with Crippen molar-refractivity contribution in [1.82, 2.24) is 5.16 Å². The van der Waals surface area contributed by atoms with Crippen molar-refractivity contribution in [1.29, 1.82) is 0 Å². The van der Waals surface area contributed by atoms with Crippen LogP contribution >= 0.6 is 0 Å². The lowest BCUT2D eigenvalue weighted by Crippen LogP contribution is -2.10. The van der Waals surface area contributed by atoms with Crippen LogP contribution in [0.4, 0.5) is 0 Å². The van der Waals surface area contributed by atoms with Crippen molar-refractivity contribution in [3.05, 3.63) is 53.4 Å². The molecule has 0 amide bonds. The zero-order chi connectivity index (χ0) is 12.3. The molecular formula is C12H9NO4. The fourth-order valence-electron chi connectivity index (χ4n) is 1.50. The van der Waals surface area contributed by atoms with Crippen molar-refractivity contribution in [2.24, 2.45) is 0 Å². The van der Waals surface area contributed by atoms with Gasteiger partial charge in [-0.2, -0.15) is 0 Å². The van der Waals surface area contributed by atoms with E-state index in [2.05, 4.69) is 9.68 Å². The van der Waals surface area contributed by atoms with Gasteiger partial charge in [0.05, 0.1) is 17.7 Å². The molecule has 0 unspecified atom stereocenters. The molecule has 1 aromatic heterocycles. The smallest absolute Gasteiger partial charge is 0.336 e. The fraction of sp³-hybridized carbons (Fsp3) is 0.0833. The summed E-state index contributed by atoms with van der Waals surface area (Å²) in [5, 5.41) is 12.6. The van der Waals surface area contributed by atoms with Gasteiger partial charge in [0, 0.05) is 11.6 Å². The number of carbonyl (C=O) groups excluding carboxylic acids is 1. The molecule has 0 radical (unpaired) electrons. The second-order valence-electron chi connectivity index (χ2n) is 3.44. The minimum atomic E-state index is -1.12. The first-order valence-electron chi connectivity index (χ1n) is 4.93. The Morgan fingerprint density at radius 1 is 1.18 bits per heavy atom. The number of Topliss-reactive ketones (excluding diaryl/α,β-unsaturated/α-hetero) is 1. The summed E-state index contributed by atoms with van der Waals surface area (Å²) < 4.78 is 4.61. The number of carboxylic acids is 1. The standard InChI is InChI=1S/C12H9NO4/c14-11(7-8-5-6-17-13-8)9-3-1-2-4-10(9)12(15)16/h1-6H,7H2,(H,15,16). The molecule has 1 aromatic carbocycles. The summed E-state index contributed by atoms with van der Waals surface area (Å²) in [6, 6.07) is 7.67. The van der Waals surface area contributed by atoms with Gasteiger partial charge in [-0.15, -0.1) is 0 Å². The number of aromatic carboxylic acids is 1. The normalized spacial score (nSPS) is 10.1. The molecule has 0 aliphatic rings. The number of hydrogen-bond donors (Lipinski definition) is 1. The second-order valence-corrected chi connectivity index (χ2v) is 3.44. The zero-order valence-corrected chi connectivity index (χ0v) is 8.79. The summed E-state index contributed by atoms with van der Waals surface area (Å²) in [5.41, 5.74) is 0.666. The molecule has 17 heavy (non-hydrogen) atoms. The van der Waals surface area contributed by atoms with Gasteiger partial charge in [-0.25, -0.2) is 4.79 Å². The Morgan fingerprint density at radius 3 is 2.47 bits per heavy atom. The van der Waals surface area contributed by atoms with E-state index in [0.29, 0.717) is 5.69 Å². The summed E-state index contributed by atoms with van der Waals surface area (Å²) >= 11 is 0. The van der Waals surface area contributed by atoms with E-state index in [0.717, 1.165) is 0 Å². The van der Waals surface area contributed by atoms with Gasteiger partial charge in [0.25, 0.3) is 0 Å². The largest absolute Gasteiger partial charge is 0.478 e. The third kappa shape index (κ3) is 2.39. The molecule has 1 N–H and O–H groups in total. The highest BCUT2D eigenvalue weighted by molar-refractivity contribution is 6.06. The zero-order valence-electron chi connectivity index (χ0n) is 8.79. The van der Waals surface area contributed by atoms with Crippen molar-refractivity contribution in [2.75, 3.05) is 0 Å². The van der Waals surface area contributed by atoms with Crippen LogP contribution in [0.1, 0.15) is 26.4 Å². The number of rotatable bonds is 4. The molecule has 0 aliphatic heterocycles. The molecule has 0 atom stereocenters. The van der Waals surface area contributed by atoms with Gasteiger partial charge in [-0.3, -0.25) is 4.79 Å². The van der Waals surface area contributed by atoms with Crippen molar-refractivity contribution in [3.63, 3.8) is 0 Å². The highest BCUT2D eigenvalue weighted by Crippen LogP contribution is 2.12. The van der Waals surface area contributed by atoms with Crippen LogP contribution in [0.2, 0.25) is 0 Å². The average molecular weight is 231 g/mol. The summed E-state index contributed by atoms with van der Waals surface area (Å²) in [5.74, 6) is -1.41. The quantitative estimate of drug-likeness (QED) is 0.811. The van der Waals surface area contributed by atoms with E-state index in [1.165, 1.54) is 18.4 Å². The highest BCUT2D eigenvalue weighted by atomic mass is 16.5. The molecule has 0 saturated heterocycles. The van der Waals surface area contributed by atoms with Crippen LogP contribution in [0.15, 0.2) is 41.1 Å². The summed E-state index contributed by atoms with van der Waals surface area (Å²) in [6.07, 6.45) is 1.40. The Morgan fingerprint density at radius 2 is 1.88 bits per heavy atom. The van der Waals surface area contributed by atoms with Gasteiger partial charge >= 0.3 is 5.97 Å². The second kappa shape index (κ2) is 4.61. The lowest BCUT2D eigenvalue weighted by Gasteiger charge is -2.03. The number of carboxylic acid groups (broad SMARTS) is 1. The molecule has 5 nitrogen and oxygen atoms in total. The summed E-state index contributed by atoms with van der Waals surface area (Å²) in [7, 11) is 0. The molecule has 0 spiro atoms. The SMILES string of the molecule is O=C(O)c1ccccc1C(=O)Cc1ccon1. The first-order valence-corrected chi connectivity index (χ1v) is 4.93. The molecule has 0 aliphatic carbocycles.